The Morgan fingerprint density at radius 2 is 1.90 bits per heavy atom. The van der Waals surface area contributed by atoms with Gasteiger partial charge in [-0.1, -0.05) is 36.3 Å². The van der Waals surface area contributed by atoms with Crippen LogP contribution in [0.25, 0.3) is 11.3 Å². The number of fused-ring (bicyclic) bond motifs is 3. The third kappa shape index (κ3) is 3.09. The molecule has 1 N–H and O–H groups in total. The number of aromatic nitrogens is 3. The van der Waals surface area contributed by atoms with Crippen molar-refractivity contribution >= 4 is 0 Å². The Balaban J connectivity index is 1.65. The van der Waals surface area contributed by atoms with E-state index in [9.17, 15) is 5.11 Å². The second kappa shape index (κ2) is 7.64. The summed E-state index contributed by atoms with van der Waals surface area (Å²) in [5.74, 6) is 3.04. The van der Waals surface area contributed by atoms with Crippen molar-refractivity contribution in [2.45, 2.75) is 30.9 Å². The molecule has 0 radical (unpaired) electrons. The SMILES string of the molecule is C#CC1N2CCC(CC2)C1(O)c1cnc(-c2ccnnc2)cc1Cc1ccccc1. The van der Waals surface area contributed by atoms with Crippen LogP contribution < -0.4 is 0 Å². The third-order valence-electron chi connectivity index (χ3n) is 6.63. The van der Waals surface area contributed by atoms with Crippen LogP contribution in [0.2, 0.25) is 0 Å². The second-order valence-corrected chi connectivity index (χ2v) is 8.22. The molecule has 0 aliphatic carbocycles. The van der Waals surface area contributed by atoms with E-state index < -0.39 is 5.60 Å². The molecule has 6 rings (SSSR count). The monoisotopic (exact) mass is 396 g/mol. The minimum atomic E-state index is -1.09. The van der Waals surface area contributed by atoms with Gasteiger partial charge < -0.3 is 5.11 Å². The van der Waals surface area contributed by atoms with Crippen LogP contribution in [-0.4, -0.2) is 44.3 Å². The highest BCUT2D eigenvalue weighted by Gasteiger charge is 2.54. The van der Waals surface area contributed by atoms with Gasteiger partial charge in [-0.05, 0) is 61.5 Å². The van der Waals surface area contributed by atoms with Gasteiger partial charge in [0, 0.05) is 17.3 Å². The zero-order valence-electron chi connectivity index (χ0n) is 16.8. The lowest BCUT2D eigenvalue weighted by atomic mass is 9.66. The molecular formula is C25H24N4O. The topological polar surface area (TPSA) is 62.1 Å². The van der Waals surface area contributed by atoms with Gasteiger partial charge in [0.2, 0.25) is 0 Å². The molecule has 0 saturated carbocycles. The zero-order valence-corrected chi connectivity index (χ0v) is 16.8. The Bertz CT molecular complexity index is 1070. The van der Waals surface area contributed by atoms with Crippen LogP contribution in [0.5, 0.6) is 0 Å². The number of benzene rings is 1. The first kappa shape index (κ1) is 18.9. The molecule has 150 valence electrons. The maximum absolute atomic E-state index is 12.1. The van der Waals surface area contributed by atoms with Crippen LogP contribution in [0.1, 0.15) is 29.5 Å². The largest absolute Gasteiger partial charge is 0.382 e. The lowest BCUT2D eigenvalue weighted by molar-refractivity contribution is -0.143. The first-order valence-corrected chi connectivity index (χ1v) is 10.4. The first-order chi connectivity index (χ1) is 14.7. The smallest absolute Gasteiger partial charge is 0.121 e. The molecule has 1 aromatic carbocycles. The number of rotatable bonds is 4. The van der Waals surface area contributed by atoms with Crippen molar-refractivity contribution in [1.29, 1.82) is 0 Å². The number of hydrogen-bond donors (Lipinski definition) is 1. The summed E-state index contributed by atoms with van der Waals surface area (Å²) >= 11 is 0. The van der Waals surface area contributed by atoms with Crippen LogP contribution >= 0.6 is 0 Å². The van der Waals surface area contributed by atoms with E-state index >= 15 is 0 Å². The number of pyridine rings is 1. The molecule has 2 bridgehead atoms. The molecule has 5 heteroatoms. The van der Waals surface area contributed by atoms with Crippen LogP contribution in [0, 0.1) is 18.3 Å². The fourth-order valence-electron chi connectivity index (χ4n) is 5.12. The average Bonchev–Trinajstić information content (AvgIpc) is 2.81. The summed E-state index contributed by atoms with van der Waals surface area (Å²) in [7, 11) is 0. The number of aliphatic hydroxyl groups is 1. The van der Waals surface area contributed by atoms with Gasteiger partial charge in [-0.25, -0.2) is 0 Å². The summed E-state index contributed by atoms with van der Waals surface area (Å²) in [4.78, 5) is 6.95. The molecule has 5 nitrogen and oxygen atoms in total. The molecule has 2 unspecified atom stereocenters. The molecule has 30 heavy (non-hydrogen) atoms. The summed E-state index contributed by atoms with van der Waals surface area (Å²) in [6.45, 7) is 1.90. The highest BCUT2D eigenvalue weighted by molar-refractivity contribution is 5.59. The Morgan fingerprint density at radius 3 is 2.60 bits per heavy atom. The molecular weight excluding hydrogens is 372 g/mol. The zero-order chi connectivity index (χ0) is 20.6. The Labute approximate surface area is 176 Å². The van der Waals surface area contributed by atoms with E-state index in [0.717, 1.165) is 48.3 Å². The third-order valence-corrected chi connectivity index (χ3v) is 6.63. The quantitative estimate of drug-likeness (QED) is 0.687. The van der Waals surface area contributed by atoms with Gasteiger partial charge in [-0.15, -0.1) is 6.42 Å². The van der Waals surface area contributed by atoms with Crippen LogP contribution in [0.15, 0.2) is 61.1 Å². The van der Waals surface area contributed by atoms with E-state index in [1.807, 2.05) is 30.5 Å². The number of piperidine rings is 3. The van der Waals surface area contributed by atoms with Gasteiger partial charge in [0.05, 0.1) is 18.1 Å². The second-order valence-electron chi connectivity index (χ2n) is 8.22. The van der Waals surface area contributed by atoms with Gasteiger partial charge in [-0.3, -0.25) is 9.88 Å². The summed E-state index contributed by atoms with van der Waals surface area (Å²) < 4.78 is 0. The molecule has 2 atom stereocenters. The number of nitrogens with zero attached hydrogens (tertiary/aromatic N) is 4. The van der Waals surface area contributed by atoms with Crippen molar-refractivity contribution in [2.75, 3.05) is 13.1 Å². The summed E-state index contributed by atoms with van der Waals surface area (Å²) in [5.41, 5.74) is 3.74. The van der Waals surface area contributed by atoms with E-state index in [1.54, 1.807) is 12.4 Å². The molecule has 3 aliphatic rings. The van der Waals surface area contributed by atoms with Crippen molar-refractivity contribution < 1.29 is 5.11 Å². The molecule has 3 fully saturated rings. The number of hydrogen-bond acceptors (Lipinski definition) is 5. The highest BCUT2D eigenvalue weighted by atomic mass is 16.3. The standard InChI is InChI=1S/C25H24N4O/c1-2-24-25(30,21-9-12-29(24)13-10-21)22-17-26-23(19-8-11-27-28-16-19)15-20(22)14-18-6-4-3-5-7-18/h1,3-8,11,15-17,21,24,30H,9-10,12-14H2. The lowest BCUT2D eigenvalue weighted by Gasteiger charge is -2.54. The van der Waals surface area contributed by atoms with Crippen molar-refractivity contribution in [3.63, 3.8) is 0 Å². The maximum atomic E-state index is 12.1. The van der Waals surface area contributed by atoms with Crippen molar-refractivity contribution in [1.82, 2.24) is 20.1 Å². The van der Waals surface area contributed by atoms with Crippen molar-refractivity contribution in [3.05, 3.63) is 77.7 Å². The predicted octanol–water partition coefficient (Wildman–Crippen LogP) is 3.04. The molecule has 3 aromatic rings. The average molecular weight is 396 g/mol. The first-order valence-electron chi connectivity index (χ1n) is 10.4. The van der Waals surface area contributed by atoms with Gasteiger partial charge in [0.25, 0.3) is 0 Å². The fourth-order valence-corrected chi connectivity index (χ4v) is 5.12. The van der Waals surface area contributed by atoms with Gasteiger partial charge in [-0.2, -0.15) is 10.2 Å². The van der Waals surface area contributed by atoms with Gasteiger partial charge >= 0.3 is 0 Å². The van der Waals surface area contributed by atoms with Crippen molar-refractivity contribution in [2.24, 2.45) is 5.92 Å². The summed E-state index contributed by atoms with van der Waals surface area (Å²) in [5, 5.41) is 19.9. The highest BCUT2D eigenvalue weighted by Crippen LogP contribution is 2.48. The Kier molecular flexibility index (Phi) is 4.82. The van der Waals surface area contributed by atoms with E-state index in [0.29, 0.717) is 6.42 Å². The Morgan fingerprint density at radius 1 is 1.10 bits per heavy atom. The van der Waals surface area contributed by atoms with Gasteiger partial charge in [0.1, 0.15) is 11.6 Å². The molecule has 0 spiro atoms. The van der Waals surface area contributed by atoms with E-state index in [1.165, 1.54) is 5.56 Å². The molecule has 2 aromatic heterocycles. The van der Waals surface area contributed by atoms with E-state index in [-0.39, 0.29) is 12.0 Å². The van der Waals surface area contributed by atoms with Crippen LogP contribution in [0.3, 0.4) is 0 Å². The molecule has 5 heterocycles. The molecule has 3 aliphatic heterocycles. The summed E-state index contributed by atoms with van der Waals surface area (Å²) in [6.07, 6.45) is 13.8. The normalized spacial score (nSPS) is 27.5. The maximum Gasteiger partial charge on any atom is 0.121 e. The minimum absolute atomic E-state index is 0.147. The van der Waals surface area contributed by atoms with E-state index in [2.05, 4.69) is 39.2 Å². The minimum Gasteiger partial charge on any atom is -0.382 e. The number of terminal acetylenes is 1. The molecule has 3 saturated heterocycles. The van der Waals surface area contributed by atoms with Gasteiger partial charge in [0.15, 0.2) is 0 Å². The predicted molar refractivity (Wildman–Crippen MR) is 115 cm³/mol. The van der Waals surface area contributed by atoms with Crippen LogP contribution in [0.4, 0.5) is 0 Å². The summed E-state index contributed by atoms with van der Waals surface area (Å²) in [6, 6.07) is 14.0. The fraction of sp³-hybridized carbons (Fsp3) is 0.320. The van der Waals surface area contributed by atoms with Crippen LogP contribution in [-0.2, 0) is 12.0 Å². The van der Waals surface area contributed by atoms with E-state index in [4.69, 9.17) is 11.4 Å². The Hall–Kier alpha value is -3.07. The molecule has 0 amide bonds. The van der Waals surface area contributed by atoms with Crippen molar-refractivity contribution in [3.8, 4) is 23.6 Å². The lowest BCUT2D eigenvalue weighted by Crippen LogP contribution is -2.63.